The van der Waals surface area contributed by atoms with Crippen LogP contribution < -0.4 is 10.3 Å². The van der Waals surface area contributed by atoms with E-state index in [1.54, 1.807) is 30.3 Å². The van der Waals surface area contributed by atoms with Crippen LogP contribution in [0.4, 0.5) is 10.5 Å². The van der Waals surface area contributed by atoms with E-state index in [9.17, 15) is 14.4 Å². The minimum atomic E-state index is -0.934. The number of hydrogen-bond donors (Lipinski definition) is 1. The number of nitrogens with one attached hydrogen (secondary N) is 1. The maximum Gasteiger partial charge on any atom is 0.334 e. The van der Waals surface area contributed by atoms with E-state index in [-0.39, 0.29) is 22.9 Å². The van der Waals surface area contributed by atoms with Gasteiger partial charge in [0.05, 0.1) is 5.69 Å². The lowest BCUT2D eigenvalue weighted by molar-refractivity contribution is -0.115. The molecule has 2 aromatic rings. The molecule has 0 heterocycles. The fourth-order valence-corrected chi connectivity index (χ4v) is 2.46. The quantitative estimate of drug-likeness (QED) is 0.148. The van der Waals surface area contributed by atoms with E-state index in [0.29, 0.717) is 10.6 Å². The molecule has 0 saturated heterocycles. The number of anilines is 1. The summed E-state index contributed by atoms with van der Waals surface area (Å²) in [4.78, 5) is 36.8. The Labute approximate surface area is 164 Å². The van der Waals surface area contributed by atoms with Gasteiger partial charge in [-0.3, -0.25) is 19.3 Å². The molecule has 26 heavy (non-hydrogen) atoms. The number of halogens is 3. The smallest absolute Gasteiger partial charge is 0.289 e. The lowest BCUT2D eigenvalue weighted by atomic mass is 10.0. The van der Waals surface area contributed by atoms with Gasteiger partial charge in [-0.1, -0.05) is 41.9 Å². The first-order chi connectivity index (χ1) is 12.4. The van der Waals surface area contributed by atoms with Gasteiger partial charge in [-0.05, 0) is 29.8 Å². The summed E-state index contributed by atoms with van der Waals surface area (Å²) in [5, 5.41) is 2.94. The van der Waals surface area contributed by atoms with Crippen molar-refractivity contribution in [2.24, 2.45) is 5.10 Å². The van der Waals surface area contributed by atoms with Crippen molar-refractivity contribution in [3.8, 4) is 0 Å². The van der Waals surface area contributed by atoms with Crippen LogP contribution in [-0.4, -0.2) is 29.3 Å². The number of benzene rings is 2. The van der Waals surface area contributed by atoms with E-state index in [1.165, 1.54) is 18.2 Å². The number of amides is 2. The predicted molar refractivity (Wildman–Crippen MR) is 102 cm³/mol. The summed E-state index contributed by atoms with van der Waals surface area (Å²) in [6, 6.07) is 12.9. The molecule has 0 spiro atoms. The van der Waals surface area contributed by atoms with Gasteiger partial charge in [-0.25, -0.2) is 5.43 Å². The van der Waals surface area contributed by atoms with E-state index < -0.39 is 11.3 Å². The number of hydrogen-bond acceptors (Lipinski definition) is 4. The molecule has 0 aromatic heterocycles. The molecule has 0 fully saturated rings. The first kappa shape index (κ1) is 19.9. The zero-order valence-electron chi connectivity index (χ0n) is 13.2. The molecule has 0 aliphatic rings. The molecule has 0 bridgehead atoms. The number of rotatable bonds is 6. The largest absolute Gasteiger partial charge is 0.334 e. The SMILES string of the molecule is O=C(Cl)N/N=C/N(C(=O)CCl)c1ccc(Cl)cc1C(=O)c1ccccc1. The average molecular weight is 413 g/mol. The van der Waals surface area contributed by atoms with Crippen LogP contribution in [-0.2, 0) is 4.79 Å². The van der Waals surface area contributed by atoms with Crippen molar-refractivity contribution >= 4 is 63.9 Å². The van der Waals surface area contributed by atoms with Gasteiger partial charge in [0, 0.05) is 16.1 Å². The van der Waals surface area contributed by atoms with Crippen LogP contribution in [0.25, 0.3) is 0 Å². The minimum Gasteiger partial charge on any atom is -0.289 e. The fraction of sp³-hybridized carbons (Fsp3) is 0.0588. The topological polar surface area (TPSA) is 78.8 Å². The van der Waals surface area contributed by atoms with Crippen molar-refractivity contribution in [1.29, 1.82) is 0 Å². The summed E-state index contributed by atoms with van der Waals surface area (Å²) >= 11 is 16.8. The maximum atomic E-state index is 12.9. The second-order valence-electron chi connectivity index (χ2n) is 4.88. The maximum absolute atomic E-state index is 12.9. The third-order valence-corrected chi connectivity index (χ3v) is 3.76. The van der Waals surface area contributed by atoms with Crippen molar-refractivity contribution in [2.75, 3.05) is 10.8 Å². The molecule has 0 atom stereocenters. The predicted octanol–water partition coefficient (Wildman–Crippen LogP) is 4.03. The minimum absolute atomic E-state index is 0.172. The monoisotopic (exact) mass is 411 g/mol. The molecular weight excluding hydrogens is 401 g/mol. The van der Waals surface area contributed by atoms with Gasteiger partial charge in [0.1, 0.15) is 12.2 Å². The second-order valence-corrected chi connectivity index (χ2v) is 5.93. The Bertz CT molecular complexity index is 857. The highest BCUT2D eigenvalue weighted by atomic mass is 35.5. The number of carbonyl (C=O) groups is 3. The first-order valence-corrected chi connectivity index (χ1v) is 8.49. The standard InChI is InChI=1S/C17H12Cl3N3O3/c18-9-15(24)23(10-21-22-17(20)26)14-7-6-12(19)8-13(14)16(25)11-4-2-1-3-5-11/h1-8,10H,9H2,(H,22,26)/b21-10+. The Morgan fingerprint density at radius 2 is 1.81 bits per heavy atom. The van der Waals surface area contributed by atoms with Crippen LogP contribution in [0, 0.1) is 0 Å². The number of nitrogens with zero attached hydrogens (tertiary/aromatic N) is 2. The summed E-state index contributed by atoms with van der Waals surface area (Å²) in [6.07, 6.45) is 1.01. The highest BCUT2D eigenvalue weighted by Gasteiger charge is 2.21. The van der Waals surface area contributed by atoms with Gasteiger partial charge in [0.15, 0.2) is 5.78 Å². The van der Waals surface area contributed by atoms with Crippen molar-refractivity contribution in [1.82, 2.24) is 5.43 Å². The summed E-state index contributed by atoms with van der Waals surface area (Å²) in [5.41, 5.74) is 2.76. The third-order valence-electron chi connectivity index (χ3n) is 3.21. The van der Waals surface area contributed by atoms with Gasteiger partial charge in [0.25, 0.3) is 0 Å². The summed E-state index contributed by atoms with van der Waals surface area (Å²) in [6.45, 7) is 0. The van der Waals surface area contributed by atoms with Crippen LogP contribution in [0.2, 0.25) is 5.02 Å². The van der Waals surface area contributed by atoms with E-state index >= 15 is 0 Å². The highest BCUT2D eigenvalue weighted by molar-refractivity contribution is 6.62. The van der Waals surface area contributed by atoms with Crippen molar-refractivity contribution in [3.05, 3.63) is 64.7 Å². The zero-order chi connectivity index (χ0) is 19.1. The van der Waals surface area contributed by atoms with E-state index in [2.05, 4.69) is 5.10 Å². The van der Waals surface area contributed by atoms with Gasteiger partial charge >= 0.3 is 5.37 Å². The summed E-state index contributed by atoms with van der Waals surface area (Å²) in [7, 11) is 0. The number of carbonyl (C=O) groups excluding carboxylic acids is 3. The molecule has 6 nitrogen and oxygen atoms in total. The van der Waals surface area contributed by atoms with Crippen LogP contribution in [0.1, 0.15) is 15.9 Å². The number of alkyl halides is 1. The van der Waals surface area contributed by atoms with Crippen LogP contribution >= 0.6 is 34.8 Å². The molecule has 0 saturated carbocycles. The van der Waals surface area contributed by atoms with E-state index in [1.807, 2.05) is 5.43 Å². The molecule has 2 rings (SSSR count). The lowest BCUT2D eigenvalue weighted by Gasteiger charge is -2.20. The Kier molecular flexibility index (Phi) is 7.15. The van der Waals surface area contributed by atoms with Crippen molar-refractivity contribution in [2.45, 2.75) is 0 Å². The molecule has 2 aromatic carbocycles. The van der Waals surface area contributed by atoms with Crippen molar-refractivity contribution < 1.29 is 14.4 Å². The third kappa shape index (κ3) is 5.05. The van der Waals surface area contributed by atoms with Gasteiger partial charge in [-0.2, -0.15) is 5.10 Å². The Morgan fingerprint density at radius 1 is 1.12 bits per heavy atom. The van der Waals surface area contributed by atoms with Gasteiger partial charge in [0.2, 0.25) is 5.91 Å². The van der Waals surface area contributed by atoms with Crippen LogP contribution in [0.3, 0.4) is 0 Å². The van der Waals surface area contributed by atoms with Gasteiger partial charge in [-0.15, -0.1) is 11.6 Å². The molecular formula is C17H12Cl3N3O3. The Morgan fingerprint density at radius 3 is 2.42 bits per heavy atom. The number of hydrazone groups is 1. The normalized spacial score (nSPS) is 10.6. The van der Waals surface area contributed by atoms with E-state index in [0.717, 1.165) is 11.2 Å². The molecule has 0 radical (unpaired) electrons. The average Bonchev–Trinajstić information content (AvgIpc) is 2.65. The van der Waals surface area contributed by atoms with Crippen molar-refractivity contribution in [3.63, 3.8) is 0 Å². The number of ketones is 1. The fourth-order valence-electron chi connectivity index (χ4n) is 2.11. The summed E-state index contributed by atoms with van der Waals surface area (Å²) < 4.78 is 0. The van der Waals surface area contributed by atoms with E-state index in [4.69, 9.17) is 34.8 Å². The molecule has 0 aliphatic carbocycles. The molecule has 9 heteroatoms. The lowest BCUT2D eigenvalue weighted by Crippen LogP contribution is -2.33. The first-order valence-electron chi connectivity index (χ1n) is 7.20. The Hall–Kier alpha value is -2.41. The molecule has 2 amide bonds. The summed E-state index contributed by atoms with van der Waals surface area (Å²) in [5.74, 6) is -1.28. The van der Waals surface area contributed by atoms with Gasteiger partial charge < -0.3 is 0 Å². The molecule has 0 unspecified atom stereocenters. The van der Waals surface area contributed by atoms with Crippen LogP contribution in [0.15, 0.2) is 53.6 Å². The second kappa shape index (κ2) is 9.33. The van der Waals surface area contributed by atoms with Crippen LogP contribution in [0.5, 0.6) is 0 Å². The Balaban J connectivity index is 2.51. The zero-order valence-corrected chi connectivity index (χ0v) is 15.4. The molecule has 1 N–H and O–H groups in total. The molecule has 134 valence electrons. The molecule has 0 aliphatic heterocycles. The highest BCUT2D eigenvalue weighted by Crippen LogP contribution is 2.26.